The fourth-order valence-corrected chi connectivity index (χ4v) is 3.88. The van der Waals surface area contributed by atoms with Crippen LogP contribution < -0.4 is 44.2 Å². The second kappa shape index (κ2) is 20.3. The first-order chi connectivity index (χ1) is 20.5. The quantitative estimate of drug-likeness (QED) is 0.0294. The first kappa shape index (κ1) is 36.5. The Morgan fingerprint density at radius 3 is 2.16 bits per heavy atom. The highest BCUT2D eigenvalue weighted by atomic mass is 16.4. The van der Waals surface area contributed by atoms with Crippen molar-refractivity contribution in [2.24, 2.45) is 27.9 Å². The summed E-state index contributed by atoms with van der Waals surface area (Å²) in [5, 5.41) is 19.0. The molecule has 1 rings (SSSR count). The third-order valence-corrected chi connectivity index (χ3v) is 6.13. The number of carbonyl (C=O) groups is 6. The molecule has 43 heavy (non-hydrogen) atoms. The zero-order valence-electron chi connectivity index (χ0n) is 24.0. The number of nitrogens with one attached hydrogen (secondary N) is 4. The molecule has 0 saturated heterocycles. The van der Waals surface area contributed by atoms with Crippen molar-refractivity contribution in [3.63, 3.8) is 0 Å². The number of aliphatic carboxylic acids is 1. The Bertz CT molecular complexity index is 1100. The number of hydrogen-bond acceptors (Lipinski definition) is 9. The van der Waals surface area contributed by atoms with E-state index in [2.05, 4.69) is 26.3 Å². The van der Waals surface area contributed by atoms with E-state index in [1.54, 1.807) is 30.3 Å². The summed E-state index contributed by atoms with van der Waals surface area (Å²) in [6, 6.07) is 4.17. The SMILES string of the molecule is NCCCC[C@@H](C=O)NC(=O)[C@@H](Cc1ccccc1)NC(=O)[C@H](CC(=O)O)NC(=O)CNC(=O)[C@@H](N)CCCN=C(N)N. The van der Waals surface area contributed by atoms with Gasteiger partial charge in [-0.15, -0.1) is 0 Å². The smallest absolute Gasteiger partial charge is 0.305 e. The molecule has 4 amide bonds. The van der Waals surface area contributed by atoms with Crippen LogP contribution in [-0.4, -0.2) is 90.8 Å². The van der Waals surface area contributed by atoms with Crippen molar-refractivity contribution in [3.8, 4) is 0 Å². The number of nitrogens with zero attached hydrogens (tertiary/aromatic N) is 1. The second-order valence-corrected chi connectivity index (χ2v) is 9.78. The van der Waals surface area contributed by atoms with Crippen LogP contribution in [0, 0.1) is 0 Å². The predicted molar refractivity (Wildman–Crippen MR) is 158 cm³/mol. The number of unbranched alkanes of at least 4 members (excludes halogenated alkanes) is 1. The van der Waals surface area contributed by atoms with E-state index in [1.165, 1.54) is 0 Å². The molecule has 0 heterocycles. The highest BCUT2D eigenvalue weighted by Crippen LogP contribution is 2.07. The summed E-state index contributed by atoms with van der Waals surface area (Å²) in [4.78, 5) is 77.8. The number of aliphatic imine (C=N–C) groups is 1. The van der Waals surface area contributed by atoms with Crippen molar-refractivity contribution in [1.29, 1.82) is 0 Å². The van der Waals surface area contributed by atoms with Gasteiger partial charge in [0.05, 0.1) is 25.0 Å². The molecule has 0 unspecified atom stereocenters. The molecule has 0 aromatic heterocycles. The number of amides is 4. The highest BCUT2D eigenvalue weighted by molar-refractivity contribution is 5.95. The lowest BCUT2D eigenvalue weighted by molar-refractivity contribution is -0.141. The van der Waals surface area contributed by atoms with Gasteiger partial charge in [-0.05, 0) is 44.2 Å². The Kier molecular flexibility index (Phi) is 17.2. The molecule has 0 radical (unpaired) electrons. The molecule has 0 aliphatic rings. The molecule has 0 fully saturated rings. The molecule has 0 spiro atoms. The van der Waals surface area contributed by atoms with Crippen LogP contribution in [0.2, 0.25) is 0 Å². The summed E-state index contributed by atoms with van der Waals surface area (Å²) >= 11 is 0. The molecular weight excluding hydrogens is 562 g/mol. The fraction of sp³-hybridized carbons (Fsp3) is 0.519. The van der Waals surface area contributed by atoms with Gasteiger partial charge in [-0.3, -0.25) is 29.0 Å². The molecule has 1 aromatic rings. The average Bonchev–Trinajstić information content (AvgIpc) is 2.96. The van der Waals surface area contributed by atoms with Gasteiger partial charge in [0.1, 0.15) is 18.4 Å². The molecule has 4 atom stereocenters. The Hall–Kier alpha value is -4.57. The zero-order chi connectivity index (χ0) is 32.2. The van der Waals surface area contributed by atoms with Gasteiger partial charge >= 0.3 is 5.97 Å². The summed E-state index contributed by atoms with van der Waals surface area (Å²) in [7, 11) is 0. The highest BCUT2D eigenvalue weighted by Gasteiger charge is 2.29. The van der Waals surface area contributed by atoms with Gasteiger partial charge in [-0.25, -0.2) is 0 Å². The molecular formula is C27H43N9O7. The van der Waals surface area contributed by atoms with E-state index < -0.39 is 66.7 Å². The molecule has 0 aliphatic heterocycles. The minimum atomic E-state index is -1.58. The number of nitrogens with two attached hydrogens (primary N) is 4. The normalized spacial score (nSPS) is 13.3. The van der Waals surface area contributed by atoms with Gasteiger partial charge < -0.3 is 54.1 Å². The van der Waals surface area contributed by atoms with Crippen LogP contribution in [0.5, 0.6) is 0 Å². The van der Waals surface area contributed by atoms with Gasteiger partial charge in [0, 0.05) is 13.0 Å². The molecule has 0 bridgehead atoms. The molecule has 238 valence electrons. The first-order valence-corrected chi connectivity index (χ1v) is 13.9. The monoisotopic (exact) mass is 605 g/mol. The second-order valence-electron chi connectivity index (χ2n) is 9.78. The first-order valence-electron chi connectivity index (χ1n) is 13.9. The van der Waals surface area contributed by atoms with Crippen LogP contribution in [0.15, 0.2) is 35.3 Å². The third kappa shape index (κ3) is 15.9. The molecule has 13 N–H and O–H groups in total. The number of rotatable bonds is 21. The van der Waals surface area contributed by atoms with Crippen LogP contribution in [0.25, 0.3) is 0 Å². The number of aldehydes is 1. The van der Waals surface area contributed by atoms with Crippen LogP contribution in [0.3, 0.4) is 0 Å². The minimum Gasteiger partial charge on any atom is -0.481 e. The summed E-state index contributed by atoms with van der Waals surface area (Å²) in [5.74, 6) is -4.59. The van der Waals surface area contributed by atoms with Crippen molar-refractivity contribution >= 4 is 41.8 Å². The van der Waals surface area contributed by atoms with Crippen LogP contribution in [0.4, 0.5) is 0 Å². The van der Waals surface area contributed by atoms with Crippen LogP contribution >= 0.6 is 0 Å². The summed E-state index contributed by atoms with van der Waals surface area (Å²) < 4.78 is 0. The Balaban J connectivity index is 2.89. The van der Waals surface area contributed by atoms with Crippen molar-refractivity contribution < 1.29 is 33.9 Å². The van der Waals surface area contributed by atoms with E-state index in [9.17, 15) is 33.9 Å². The number of benzene rings is 1. The van der Waals surface area contributed by atoms with E-state index >= 15 is 0 Å². The average molecular weight is 606 g/mol. The lowest BCUT2D eigenvalue weighted by atomic mass is 10.0. The summed E-state index contributed by atoms with van der Waals surface area (Å²) in [6.07, 6.45) is 2.07. The lowest BCUT2D eigenvalue weighted by Crippen LogP contribution is -2.57. The van der Waals surface area contributed by atoms with Crippen molar-refractivity contribution in [3.05, 3.63) is 35.9 Å². The Morgan fingerprint density at radius 2 is 1.56 bits per heavy atom. The zero-order valence-corrected chi connectivity index (χ0v) is 24.0. The number of carboxylic acids is 1. The maximum absolute atomic E-state index is 13.1. The molecule has 1 aromatic carbocycles. The number of hydrogen-bond donors (Lipinski definition) is 9. The van der Waals surface area contributed by atoms with Gasteiger partial charge in [-0.1, -0.05) is 30.3 Å². The molecule has 0 aliphatic carbocycles. The topological polar surface area (TPSA) is 287 Å². The van der Waals surface area contributed by atoms with Gasteiger partial charge in [-0.2, -0.15) is 0 Å². The largest absolute Gasteiger partial charge is 0.481 e. The van der Waals surface area contributed by atoms with E-state index in [4.69, 9.17) is 22.9 Å². The van der Waals surface area contributed by atoms with Crippen molar-refractivity contribution in [2.45, 2.75) is 69.1 Å². The lowest BCUT2D eigenvalue weighted by Gasteiger charge is -2.24. The summed E-state index contributed by atoms with van der Waals surface area (Å²) in [6.45, 7) is 0.116. The summed E-state index contributed by atoms with van der Waals surface area (Å²) in [5.41, 5.74) is 22.4. The minimum absolute atomic E-state index is 0.0255. The van der Waals surface area contributed by atoms with Crippen molar-refractivity contribution in [1.82, 2.24) is 21.3 Å². The van der Waals surface area contributed by atoms with E-state index in [-0.39, 0.29) is 25.3 Å². The number of carboxylic acid groups (broad SMARTS) is 1. The maximum Gasteiger partial charge on any atom is 0.305 e. The van der Waals surface area contributed by atoms with Crippen LogP contribution in [-0.2, 0) is 35.2 Å². The number of carbonyl (C=O) groups excluding carboxylic acids is 5. The fourth-order valence-electron chi connectivity index (χ4n) is 3.88. The van der Waals surface area contributed by atoms with Crippen molar-refractivity contribution in [2.75, 3.05) is 19.6 Å². The van der Waals surface area contributed by atoms with E-state index in [0.717, 1.165) is 0 Å². The Morgan fingerprint density at radius 1 is 0.884 bits per heavy atom. The van der Waals surface area contributed by atoms with E-state index in [0.29, 0.717) is 44.1 Å². The standard InChI is InChI=1S/C27H43N9O7/c28-11-5-4-9-18(16-37)34-25(42)20(13-17-7-2-1-3-8-17)36-26(43)21(14-23(39)40)35-22(38)15-33-24(41)19(29)10-6-12-32-27(30)31/h1-3,7-8,16,18-21H,4-6,9-15,28-29H2,(H,33,41)(H,34,42)(H,35,38)(H,36,43)(H,39,40)(H4,30,31,32)/t18-,19-,20+,21-/m0/s1. The molecule has 16 heteroatoms. The van der Waals surface area contributed by atoms with Gasteiger partial charge in [0.15, 0.2) is 5.96 Å². The van der Waals surface area contributed by atoms with E-state index in [1.807, 2.05) is 0 Å². The van der Waals surface area contributed by atoms with Crippen LogP contribution in [0.1, 0.15) is 44.1 Å². The third-order valence-electron chi connectivity index (χ3n) is 6.13. The Labute approximate surface area is 249 Å². The molecule has 16 nitrogen and oxygen atoms in total. The van der Waals surface area contributed by atoms with Gasteiger partial charge in [0.25, 0.3) is 0 Å². The number of guanidine groups is 1. The van der Waals surface area contributed by atoms with Gasteiger partial charge in [0.2, 0.25) is 23.6 Å². The predicted octanol–water partition coefficient (Wildman–Crippen LogP) is -3.02. The maximum atomic E-state index is 13.1. The molecule has 0 saturated carbocycles.